The Hall–Kier alpha value is -3.30. The molecule has 0 spiro atoms. The smallest absolute Gasteiger partial charge is 0.325 e. The van der Waals surface area contributed by atoms with Crippen LogP contribution in [0.15, 0.2) is 23.2 Å². The lowest BCUT2D eigenvalue weighted by Gasteiger charge is -2.31. The number of hydrogen-bond acceptors (Lipinski definition) is 7. The van der Waals surface area contributed by atoms with Crippen molar-refractivity contribution in [2.24, 2.45) is 10.4 Å². The SMILES string of the molecule is CN(C(=O)CCCOc1ccc2c(c1)CN(CC(=O)OCC(C)(C)C)C(NC(=O)NC1CCCCC1)=N2)C1CCCCC1. The molecular formula is C33H51N5O5. The second kappa shape index (κ2) is 15.4. The summed E-state index contributed by atoms with van der Waals surface area (Å²) in [6.45, 7) is 7.08. The predicted octanol–water partition coefficient (Wildman–Crippen LogP) is 5.66. The Morgan fingerprint density at radius 2 is 1.72 bits per heavy atom. The summed E-state index contributed by atoms with van der Waals surface area (Å²) in [5.74, 6) is 0.805. The van der Waals surface area contributed by atoms with Crippen LogP contribution in [-0.2, 0) is 20.9 Å². The molecule has 3 aliphatic rings. The number of benzene rings is 1. The van der Waals surface area contributed by atoms with Crippen LogP contribution in [-0.4, -0.2) is 72.6 Å². The van der Waals surface area contributed by atoms with E-state index < -0.39 is 0 Å². The van der Waals surface area contributed by atoms with E-state index >= 15 is 0 Å². The molecule has 0 bridgehead atoms. The van der Waals surface area contributed by atoms with Gasteiger partial charge in [0.05, 0.1) is 18.9 Å². The molecule has 1 aromatic rings. The van der Waals surface area contributed by atoms with Gasteiger partial charge in [0, 0.05) is 37.7 Å². The third-order valence-electron chi connectivity index (χ3n) is 8.41. The molecule has 1 aliphatic heterocycles. The van der Waals surface area contributed by atoms with Crippen molar-refractivity contribution in [3.63, 3.8) is 0 Å². The lowest BCUT2D eigenvalue weighted by atomic mass is 9.94. The van der Waals surface area contributed by atoms with Crippen LogP contribution in [0.1, 0.15) is 103 Å². The van der Waals surface area contributed by atoms with Gasteiger partial charge in [-0.3, -0.25) is 14.9 Å². The molecule has 0 saturated heterocycles. The Bertz CT molecular complexity index is 1130. The van der Waals surface area contributed by atoms with Crippen molar-refractivity contribution < 1.29 is 23.9 Å². The maximum absolute atomic E-state index is 12.9. The number of esters is 1. The summed E-state index contributed by atoms with van der Waals surface area (Å²) in [5.41, 5.74) is 1.44. The number of amides is 3. The highest BCUT2D eigenvalue weighted by Crippen LogP contribution is 2.30. The summed E-state index contributed by atoms with van der Waals surface area (Å²) in [5, 5.41) is 5.94. The van der Waals surface area contributed by atoms with Gasteiger partial charge in [0.25, 0.3) is 0 Å². The Labute approximate surface area is 256 Å². The molecule has 1 aromatic carbocycles. The van der Waals surface area contributed by atoms with E-state index in [2.05, 4.69) is 10.6 Å². The number of fused-ring (bicyclic) bond motifs is 1. The van der Waals surface area contributed by atoms with E-state index in [1.807, 2.05) is 50.9 Å². The monoisotopic (exact) mass is 597 g/mol. The summed E-state index contributed by atoms with van der Waals surface area (Å²) < 4.78 is 11.5. The molecule has 1 heterocycles. The van der Waals surface area contributed by atoms with Crippen LogP contribution in [0.5, 0.6) is 5.75 Å². The van der Waals surface area contributed by atoms with Crippen LogP contribution in [0.4, 0.5) is 10.5 Å². The van der Waals surface area contributed by atoms with E-state index in [1.165, 1.54) is 25.7 Å². The second-order valence-corrected chi connectivity index (χ2v) is 13.5. The molecule has 2 saturated carbocycles. The van der Waals surface area contributed by atoms with E-state index in [-0.39, 0.29) is 35.9 Å². The zero-order valence-corrected chi connectivity index (χ0v) is 26.6. The molecule has 4 rings (SSSR count). The lowest BCUT2D eigenvalue weighted by Crippen LogP contribution is -2.52. The summed E-state index contributed by atoms with van der Waals surface area (Å²) in [6, 6.07) is 5.84. The van der Waals surface area contributed by atoms with Crippen molar-refractivity contribution >= 4 is 29.6 Å². The first-order valence-electron chi connectivity index (χ1n) is 16.2. The van der Waals surface area contributed by atoms with Gasteiger partial charge in [0.15, 0.2) is 0 Å². The maximum Gasteiger partial charge on any atom is 0.325 e. The Kier molecular flexibility index (Phi) is 11.7. The number of carbonyl (C=O) groups excluding carboxylic acids is 3. The fraction of sp³-hybridized carbons (Fsp3) is 0.697. The van der Waals surface area contributed by atoms with E-state index in [9.17, 15) is 14.4 Å². The number of nitrogens with one attached hydrogen (secondary N) is 2. The molecule has 2 fully saturated rings. The van der Waals surface area contributed by atoms with Crippen LogP contribution in [0.3, 0.4) is 0 Å². The first-order chi connectivity index (χ1) is 20.6. The minimum atomic E-state index is -0.379. The summed E-state index contributed by atoms with van der Waals surface area (Å²) in [7, 11) is 1.93. The summed E-state index contributed by atoms with van der Waals surface area (Å²) in [6.07, 6.45) is 12.4. The van der Waals surface area contributed by atoms with Gasteiger partial charge in [-0.15, -0.1) is 0 Å². The maximum atomic E-state index is 12.9. The number of carbonyl (C=O) groups is 3. The minimum Gasteiger partial charge on any atom is -0.494 e. The third-order valence-corrected chi connectivity index (χ3v) is 8.41. The standard InChI is InChI=1S/C33H51N5O5/c1-33(2,3)23-43-30(40)22-38-21-24-20-27(42-19-11-16-29(39)37(4)26-14-9-6-10-15-26)17-18-28(24)35-31(38)36-32(41)34-25-12-7-5-8-13-25/h17-18,20,25-26H,5-16,19,21-23H2,1-4H3,(H2,34,35,36,41). The second-order valence-electron chi connectivity index (χ2n) is 13.5. The first-order valence-corrected chi connectivity index (χ1v) is 16.2. The quantitative estimate of drug-likeness (QED) is 0.266. The van der Waals surface area contributed by atoms with Crippen molar-refractivity contribution in [2.75, 3.05) is 26.8 Å². The van der Waals surface area contributed by atoms with Crippen molar-refractivity contribution in [3.05, 3.63) is 23.8 Å². The topological polar surface area (TPSA) is 113 Å². The number of rotatable bonds is 10. The van der Waals surface area contributed by atoms with Crippen molar-refractivity contribution in [1.82, 2.24) is 20.4 Å². The fourth-order valence-electron chi connectivity index (χ4n) is 5.92. The molecule has 2 aliphatic carbocycles. The molecule has 238 valence electrons. The summed E-state index contributed by atoms with van der Waals surface area (Å²) >= 11 is 0. The van der Waals surface area contributed by atoms with Crippen LogP contribution in [0.25, 0.3) is 0 Å². The highest BCUT2D eigenvalue weighted by molar-refractivity contribution is 5.99. The van der Waals surface area contributed by atoms with Gasteiger partial charge in [-0.05, 0) is 55.7 Å². The molecule has 43 heavy (non-hydrogen) atoms. The minimum absolute atomic E-state index is 0.0419. The van der Waals surface area contributed by atoms with Crippen molar-refractivity contribution in [1.29, 1.82) is 0 Å². The highest BCUT2D eigenvalue weighted by Gasteiger charge is 2.27. The molecule has 10 nitrogen and oxygen atoms in total. The third kappa shape index (κ3) is 10.4. The normalized spacial score (nSPS) is 17.9. The number of guanidine groups is 1. The van der Waals surface area contributed by atoms with Gasteiger partial charge in [-0.25, -0.2) is 9.79 Å². The Morgan fingerprint density at radius 1 is 1.02 bits per heavy atom. The zero-order chi connectivity index (χ0) is 30.8. The highest BCUT2D eigenvalue weighted by atomic mass is 16.5. The van der Waals surface area contributed by atoms with E-state index in [0.29, 0.717) is 56.0 Å². The molecular weight excluding hydrogens is 546 g/mol. The molecule has 0 unspecified atom stereocenters. The number of hydrogen-bond donors (Lipinski definition) is 2. The molecule has 0 radical (unpaired) electrons. The fourth-order valence-corrected chi connectivity index (χ4v) is 5.92. The number of aliphatic imine (C=N–C) groups is 1. The first kappa shape index (κ1) is 32.6. The number of urea groups is 1. The van der Waals surface area contributed by atoms with Crippen LogP contribution < -0.4 is 15.4 Å². The lowest BCUT2D eigenvalue weighted by molar-refractivity contribution is -0.146. The largest absolute Gasteiger partial charge is 0.494 e. The zero-order valence-electron chi connectivity index (χ0n) is 26.6. The van der Waals surface area contributed by atoms with Gasteiger partial charge in [0.2, 0.25) is 11.9 Å². The predicted molar refractivity (Wildman–Crippen MR) is 167 cm³/mol. The average molecular weight is 598 g/mol. The van der Waals surface area contributed by atoms with Crippen molar-refractivity contribution in [2.45, 2.75) is 116 Å². The molecule has 0 atom stereocenters. The van der Waals surface area contributed by atoms with Gasteiger partial charge in [-0.2, -0.15) is 0 Å². The van der Waals surface area contributed by atoms with Gasteiger partial charge in [0.1, 0.15) is 12.3 Å². The number of nitrogens with zero attached hydrogens (tertiary/aromatic N) is 3. The van der Waals surface area contributed by atoms with E-state index in [1.54, 1.807) is 4.90 Å². The van der Waals surface area contributed by atoms with Crippen LogP contribution >= 0.6 is 0 Å². The summed E-state index contributed by atoms with van der Waals surface area (Å²) in [4.78, 5) is 46.7. The molecule has 2 N–H and O–H groups in total. The van der Waals surface area contributed by atoms with Gasteiger partial charge >= 0.3 is 12.0 Å². The van der Waals surface area contributed by atoms with Crippen LogP contribution in [0.2, 0.25) is 0 Å². The number of ether oxygens (including phenoxy) is 2. The Balaban J connectivity index is 1.35. The molecule has 3 amide bonds. The van der Waals surface area contributed by atoms with Crippen molar-refractivity contribution in [3.8, 4) is 5.75 Å². The molecule has 0 aromatic heterocycles. The van der Waals surface area contributed by atoms with E-state index in [4.69, 9.17) is 14.5 Å². The van der Waals surface area contributed by atoms with Gasteiger partial charge < -0.3 is 24.6 Å². The van der Waals surface area contributed by atoms with Crippen LogP contribution in [0, 0.1) is 5.41 Å². The van der Waals surface area contributed by atoms with Gasteiger partial charge in [-0.1, -0.05) is 59.3 Å². The molecule has 10 heteroatoms. The average Bonchev–Trinajstić information content (AvgIpc) is 2.98. The van der Waals surface area contributed by atoms with E-state index in [0.717, 1.165) is 44.1 Å². The Morgan fingerprint density at radius 3 is 2.42 bits per heavy atom.